The van der Waals surface area contributed by atoms with Gasteiger partial charge in [0.05, 0.1) is 12.2 Å². The molecule has 1 aromatic carbocycles. The maximum atomic E-state index is 11.7. The van der Waals surface area contributed by atoms with Gasteiger partial charge < -0.3 is 14.2 Å². The summed E-state index contributed by atoms with van der Waals surface area (Å²) < 4.78 is 16.5. The molecule has 0 spiro atoms. The lowest BCUT2D eigenvalue weighted by molar-refractivity contribution is -0.162. The monoisotopic (exact) mass is 320 g/mol. The normalized spacial score (nSPS) is 17.8. The van der Waals surface area contributed by atoms with Crippen molar-refractivity contribution >= 4 is 5.97 Å². The van der Waals surface area contributed by atoms with Crippen LogP contribution in [0, 0.1) is 0 Å². The Morgan fingerprint density at radius 1 is 1.00 bits per heavy atom. The first-order valence-corrected chi connectivity index (χ1v) is 8.81. The second-order valence-corrected chi connectivity index (χ2v) is 5.94. The molecule has 1 aromatic rings. The van der Waals surface area contributed by atoms with Crippen LogP contribution in [-0.2, 0) is 14.2 Å². The molecule has 4 heteroatoms. The minimum absolute atomic E-state index is 0.0288. The van der Waals surface area contributed by atoms with Crippen molar-refractivity contribution in [3.63, 3.8) is 0 Å². The molecule has 0 amide bonds. The molecule has 1 fully saturated rings. The number of ether oxygens (including phenoxy) is 3. The minimum Gasteiger partial charge on any atom is -0.462 e. The number of unbranched alkanes of at least 4 members (excludes halogenated alkanes) is 4. The number of hydrogen-bond acceptors (Lipinski definition) is 4. The highest BCUT2D eigenvalue weighted by molar-refractivity contribution is 5.89. The van der Waals surface area contributed by atoms with E-state index in [0.29, 0.717) is 12.2 Å². The zero-order chi connectivity index (χ0) is 16.2. The average molecular weight is 320 g/mol. The predicted molar refractivity (Wildman–Crippen MR) is 89.4 cm³/mol. The highest BCUT2D eigenvalue weighted by Crippen LogP contribution is 2.14. The molecule has 0 aliphatic carbocycles. The summed E-state index contributed by atoms with van der Waals surface area (Å²) in [7, 11) is 0. The zero-order valence-electron chi connectivity index (χ0n) is 13.9. The van der Waals surface area contributed by atoms with E-state index in [1.54, 1.807) is 12.1 Å². The largest absolute Gasteiger partial charge is 0.462 e. The summed E-state index contributed by atoms with van der Waals surface area (Å²) in [5, 5.41) is 0. The summed E-state index contributed by atoms with van der Waals surface area (Å²) in [6.45, 7) is 2.13. The second kappa shape index (κ2) is 11.2. The fourth-order valence-electron chi connectivity index (χ4n) is 2.61. The van der Waals surface area contributed by atoms with Crippen molar-refractivity contribution in [1.82, 2.24) is 0 Å². The maximum Gasteiger partial charge on any atom is 0.338 e. The Morgan fingerprint density at radius 3 is 2.48 bits per heavy atom. The predicted octanol–water partition coefficient (Wildman–Crippen LogP) is 4.34. The first-order chi connectivity index (χ1) is 11.4. The Balaban J connectivity index is 1.39. The number of rotatable bonds is 10. The second-order valence-electron chi connectivity index (χ2n) is 5.94. The highest BCUT2D eigenvalue weighted by atomic mass is 16.7. The summed E-state index contributed by atoms with van der Waals surface area (Å²) in [4.78, 5) is 11.7. The number of carbonyl (C=O) groups is 1. The van der Waals surface area contributed by atoms with E-state index >= 15 is 0 Å². The van der Waals surface area contributed by atoms with Crippen LogP contribution in [0.4, 0.5) is 0 Å². The summed E-state index contributed by atoms with van der Waals surface area (Å²) in [5.41, 5.74) is 0.620. The van der Waals surface area contributed by atoms with Gasteiger partial charge in [0.1, 0.15) is 0 Å². The molecule has 0 aromatic heterocycles. The SMILES string of the molecule is O=C(OCCCCCCCOC1CCCCO1)c1ccccc1. The number of esters is 1. The number of carbonyl (C=O) groups excluding carboxylic acids is 1. The molecule has 23 heavy (non-hydrogen) atoms. The van der Waals surface area contributed by atoms with Gasteiger partial charge in [-0.05, 0) is 44.2 Å². The van der Waals surface area contributed by atoms with Crippen LogP contribution in [0.2, 0.25) is 0 Å². The van der Waals surface area contributed by atoms with Crippen LogP contribution in [0.15, 0.2) is 30.3 Å². The lowest BCUT2D eigenvalue weighted by atomic mass is 10.1. The summed E-state index contributed by atoms with van der Waals surface area (Å²) in [5.74, 6) is -0.230. The van der Waals surface area contributed by atoms with E-state index in [2.05, 4.69) is 0 Å². The molecule has 0 bridgehead atoms. The van der Waals surface area contributed by atoms with Crippen molar-refractivity contribution in [2.24, 2.45) is 0 Å². The Morgan fingerprint density at radius 2 is 1.74 bits per heavy atom. The van der Waals surface area contributed by atoms with Crippen molar-refractivity contribution < 1.29 is 19.0 Å². The van der Waals surface area contributed by atoms with Crippen molar-refractivity contribution in [1.29, 1.82) is 0 Å². The molecule has 1 saturated heterocycles. The zero-order valence-corrected chi connectivity index (χ0v) is 13.9. The quantitative estimate of drug-likeness (QED) is 0.475. The first kappa shape index (κ1) is 18.0. The molecule has 1 aliphatic heterocycles. The van der Waals surface area contributed by atoms with Crippen LogP contribution in [0.5, 0.6) is 0 Å². The molecule has 1 aliphatic rings. The van der Waals surface area contributed by atoms with E-state index in [0.717, 1.165) is 58.2 Å². The van der Waals surface area contributed by atoms with Gasteiger partial charge in [-0.25, -0.2) is 4.79 Å². The molecule has 128 valence electrons. The molecule has 1 atom stereocenters. The fourth-order valence-corrected chi connectivity index (χ4v) is 2.61. The molecule has 1 unspecified atom stereocenters. The average Bonchev–Trinajstić information content (AvgIpc) is 2.61. The standard InChI is InChI=1S/C19H28O4/c20-19(17-11-5-4-6-12-17)23-16-9-3-1-2-8-14-21-18-13-7-10-15-22-18/h4-6,11-12,18H,1-3,7-10,13-16H2. The van der Waals surface area contributed by atoms with E-state index in [-0.39, 0.29) is 12.3 Å². The van der Waals surface area contributed by atoms with E-state index < -0.39 is 0 Å². The van der Waals surface area contributed by atoms with Gasteiger partial charge in [0.25, 0.3) is 0 Å². The Labute approximate surface area is 139 Å². The van der Waals surface area contributed by atoms with Gasteiger partial charge >= 0.3 is 5.97 Å². The molecule has 4 nitrogen and oxygen atoms in total. The lowest BCUT2D eigenvalue weighted by Crippen LogP contribution is -2.22. The molecular formula is C19H28O4. The van der Waals surface area contributed by atoms with Crippen molar-refractivity contribution in [3.8, 4) is 0 Å². The lowest BCUT2D eigenvalue weighted by Gasteiger charge is -2.22. The van der Waals surface area contributed by atoms with E-state index in [1.165, 1.54) is 6.42 Å². The van der Waals surface area contributed by atoms with Crippen molar-refractivity contribution in [2.45, 2.75) is 57.7 Å². The molecule has 0 N–H and O–H groups in total. The molecule has 0 saturated carbocycles. The highest BCUT2D eigenvalue weighted by Gasteiger charge is 2.13. The molecule has 1 heterocycles. The third-order valence-electron chi connectivity index (χ3n) is 3.97. The summed E-state index contributed by atoms with van der Waals surface area (Å²) in [6.07, 6.45) is 8.82. The van der Waals surface area contributed by atoms with E-state index in [4.69, 9.17) is 14.2 Å². The molecule has 2 rings (SSSR count). The first-order valence-electron chi connectivity index (χ1n) is 8.81. The van der Waals surface area contributed by atoms with E-state index in [1.807, 2.05) is 18.2 Å². The van der Waals surface area contributed by atoms with Gasteiger partial charge in [0.2, 0.25) is 0 Å². The van der Waals surface area contributed by atoms with Crippen LogP contribution < -0.4 is 0 Å². The molecular weight excluding hydrogens is 292 g/mol. The van der Waals surface area contributed by atoms with Crippen LogP contribution in [0.3, 0.4) is 0 Å². The van der Waals surface area contributed by atoms with Crippen molar-refractivity contribution in [3.05, 3.63) is 35.9 Å². The van der Waals surface area contributed by atoms with Gasteiger partial charge in [-0.2, -0.15) is 0 Å². The smallest absolute Gasteiger partial charge is 0.338 e. The van der Waals surface area contributed by atoms with Crippen LogP contribution in [0.25, 0.3) is 0 Å². The third-order valence-corrected chi connectivity index (χ3v) is 3.97. The maximum absolute atomic E-state index is 11.7. The third kappa shape index (κ3) is 7.62. The van der Waals surface area contributed by atoms with Crippen molar-refractivity contribution in [2.75, 3.05) is 19.8 Å². The Kier molecular flexibility index (Phi) is 8.74. The summed E-state index contributed by atoms with van der Waals surface area (Å²) in [6, 6.07) is 9.13. The fraction of sp³-hybridized carbons (Fsp3) is 0.632. The summed E-state index contributed by atoms with van der Waals surface area (Å²) >= 11 is 0. The molecule has 0 radical (unpaired) electrons. The van der Waals surface area contributed by atoms with Crippen LogP contribution >= 0.6 is 0 Å². The van der Waals surface area contributed by atoms with Gasteiger partial charge in [-0.1, -0.05) is 37.5 Å². The van der Waals surface area contributed by atoms with Crippen LogP contribution in [0.1, 0.15) is 61.7 Å². The van der Waals surface area contributed by atoms with Gasteiger partial charge in [0.15, 0.2) is 6.29 Å². The van der Waals surface area contributed by atoms with Gasteiger partial charge in [-0.15, -0.1) is 0 Å². The Bertz CT molecular complexity index is 426. The van der Waals surface area contributed by atoms with Gasteiger partial charge in [-0.3, -0.25) is 0 Å². The number of hydrogen-bond donors (Lipinski definition) is 0. The van der Waals surface area contributed by atoms with Gasteiger partial charge in [0, 0.05) is 13.2 Å². The topological polar surface area (TPSA) is 44.8 Å². The van der Waals surface area contributed by atoms with E-state index in [9.17, 15) is 4.79 Å². The number of benzene rings is 1. The minimum atomic E-state index is -0.230. The van der Waals surface area contributed by atoms with Crippen LogP contribution in [-0.4, -0.2) is 32.1 Å². The Hall–Kier alpha value is -1.39.